The molecule has 0 unspecified atom stereocenters. The number of carbonyl (C=O) groups is 1. The molecule has 1 amide bonds. The number of hydrogen-bond donors (Lipinski definition) is 3. The van der Waals surface area contributed by atoms with Crippen molar-refractivity contribution < 1.29 is 18.3 Å². The van der Waals surface area contributed by atoms with Gasteiger partial charge in [0.05, 0.1) is 16.7 Å². The Kier molecular flexibility index (Phi) is 6.73. The molecule has 36 heavy (non-hydrogen) atoms. The molecular formula is C26H27N5O4S. The van der Waals surface area contributed by atoms with Crippen LogP contribution >= 0.6 is 0 Å². The van der Waals surface area contributed by atoms with E-state index in [1.54, 1.807) is 40.9 Å². The number of sulfonamides is 1. The number of aliphatic hydroxyl groups excluding tert-OH is 1. The molecule has 1 atom stereocenters. The Morgan fingerprint density at radius 3 is 2.56 bits per heavy atom. The van der Waals surface area contributed by atoms with Crippen LogP contribution in [-0.2, 0) is 23.0 Å². The maximum absolute atomic E-state index is 12.7. The van der Waals surface area contributed by atoms with Gasteiger partial charge in [-0.3, -0.25) is 14.4 Å². The molecule has 0 bridgehead atoms. The topological polar surface area (TPSA) is 116 Å². The molecule has 0 aliphatic carbocycles. The third-order valence-electron chi connectivity index (χ3n) is 6.17. The van der Waals surface area contributed by atoms with Crippen molar-refractivity contribution in [2.24, 2.45) is 0 Å². The summed E-state index contributed by atoms with van der Waals surface area (Å²) < 4.78 is 29.3. The lowest BCUT2D eigenvalue weighted by molar-refractivity contribution is 0.0838. The number of aliphatic hydroxyl groups is 1. The molecule has 5 rings (SSSR count). The van der Waals surface area contributed by atoms with Crippen molar-refractivity contribution >= 4 is 27.3 Å². The number of nitrogens with one attached hydrogen (secondary N) is 2. The highest BCUT2D eigenvalue weighted by molar-refractivity contribution is 7.92. The summed E-state index contributed by atoms with van der Waals surface area (Å²) in [5.41, 5.74) is 3.64. The molecule has 1 aliphatic heterocycles. The van der Waals surface area contributed by atoms with Gasteiger partial charge in [0.25, 0.3) is 15.9 Å². The van der Waals surface area contributed by atoms with E-state index in [1.807, 2.05) is 12.1 Å². The zero-order valence-electron chi connectivity index (χ0n) is 19.5. The minimum Gasteiger partial charge on any atom is -0.390 e. The van der Waals surface area contributed by atoms with Crippen molar-refractivity contribution in [3.63, 3.8) is 0 Å². The van der Waals surface area contributed by atoms with E-state index in [9.17, 15) is 18.3 Å². The van der Waals surface area contributed by atoms with Gasteiger partial charge >= 0.3 is 0 Å². The number of β-amino-alcohol motifs (C(OH)–C–C–N with tert-alkyl or cyclic N) is 1. The molecule has 0 radical (unpaired) electrons. The van der Waals surface area contributed by atoms with Crippen LogP contribution in [0, 0.1) is 0 Å². The van der Waals surface area contributed by atoms with Crippen LogP contribution in [0.3, 0.4) is 0 Å². The average molecular weight is 506 g/mol. The highest BCUT2D eigenvalue weighted by Crippen LogP contribution is 2.19. The quantitative estimate of drug-likeness (QED) is 0.338. The summed E-state index contributed by atoms with van der Waals surface area (Å²) in [4.78, 5) is 19.3. The van der Waals surface area contributed by atoms with Crippen LogP contribution in [0.4, 0.5) is 5.69 Å². The first kappa shape index (κ1) is 24.0. The Balaban J connectivity index is 1.18. The lowest BCUT2D eigenvalue weighted by Gasteiger charge is -2.30. The third-order valence-corrected chi connectivity index (χ3v) is 7.56. The van der Waals surface area contributed by atoms with E-state index in [0.29, 0.717) is 17.9 Å². The van der Waals surface area contributed by atoms with E-state index < -0.39 is 22.0 Å². The molecule has 186 valence electrons. The van der Waals surface area contributed by atoms with Gasteiger partial charge in [-0.05, 0) is 41.8 Å². The summed E-state index contributed by atoms with van der Waals surface area (Å²) >= 11 is 0. The predicted octanol–water partition coefficient (Wildman–Crippen LogP) is 2.28. The monoisotopic (exact) mass is 505 g/mol. The molecule has 2 aromatic heterocycles. The summed E-state index contributed by atoms with van der Waals surface area (Å²) in [7, 11) is -3.73. The van der Waals surface area contributed by atoms with Gasteiger partial charge in [0.15, 0.2) is 0 Å². The Labute approximate surface area is 209 Å². The van der Waals surface area contributed by atoms with Crippen molar-refractivity contribution in [2.45, 2.75) is 24.0 Å². The fourth-order valence-electron chi connectivity index (χ4n) is 4.35. The molecule has 9 nitrogen and oxygen atoms in total. The minimum absolute atomic E-state index is 0.104. The van der Waals surface area contributed by atoms with Crippen LogP contribution in [0.25, 0.3) is 5.65 Å². The van der Waals surface area contributed by atoms with Crippen molar-refractivity contribution in [1.82, 2.24) is 19.6 Å². The fraction of sp³-hybridized carbons (Fsp3) is 0.231. The molecule has 1 aliphatic rings. The Morgan fingerprint density at radius 2 is 1.75 bits per heavy atom. The Bertz CT molecular complexity index is 1490. The molecule has 0 saturated carbocycles. The zero-order chi connectivity index (χ0) is 25.1. The lowest BCUT2D eigenvalue weighted by atomic mass is 10.00. The molecule has 3 N–H and O–H groups in total. The summed E-state index contributed by atoms with van der Waals surface area (Å²) in [5.74, 6) is -0.409. The van der Waals surface area contributed by atoms with Gasteiger partial charge in [-0.15, -0.1) is 0 Å². The normalized spacial score (nSPS) is 14.8. The number of carbonyl (C=O) groups excluding carboxylic acids is 1. The second-order valence-electron chi connectivity index (χ2n) is 8.85. The van der Waals surface area contributed by atoms with Crippen molar-refractivity contribution in [3.8, 4) is 0 Å². The van der Waals surface area contributed by atoms with Crippen molar-refractivity contribution in [2.75, 3.05) is 24.4 Å². The van der Waals surface area contributed by atoms with Gasteiger partial charge in [0.1, 0.15) is 11.3 Å². The molecule has 0 fully saturated rings. The predicted molar refractivity (Wildman–Crippen MR) is 136 cm³/mol. The highest BCUT2D eigenvalue weighted by Gasteiger charge is 2.20. The van der Waals surface area contributed by atoms with Crippen LogP contribution in [-0.4, -0.2) is 59.5 Å². The number of amides is 1. The average Bonchev–Trinajstić information content (AvgIpc) is 3.31. The van der Waals surface area contributed by atoms with Gasteiger partial charge in [-0.1, -0.05) is 42.5 Å². The maximum atomic E-state index is 12.7. The molecule has 0 saturated heterocycles. The Hall–Kier alpha value is -3.73. The number of fused-ring (bicyclic) bond motifs is 2. The van der Waals surface area contributed by atoms with Crippen LogP contribution in [0.15, 0.2) is 84.0 Å². The SMILES string of the molecule is O=C(NC[C@@H](O)CN1CCc2ccccc2C1)c1cn2cc(NS(=O)(=O)c3ccccc3)ccc2n1. The smallest absolute Gasteiger partial charge is 0.271 e. The first-order valence-corrected chi connectivity index (χ1v) is 13.2. The molecule has 3 heterocycles. The second kappa shape index (κ2) is 10.1. The van der Waals surface area contributed by atoms with Gasteiger partial charge in [0.2, 0.25) is 0 Å². The highest BCUT2D eigenvalue weighted by atomic mass is 32.2. The molecule has 2 aromatic carbocycles. The van der Waals surface area contributed by atoms with E-state index >= 15 is 0 Å². The lowest BCUT2D eigenvalue weighted by Crippen LogP contribution is -2.42. The first-order valence-electron chi connectivity index (χ1n) is 11.7. The standard InChI is InChI=1S/C26H27N5O4S/c32-22(17-30-13-12-19-6-4-5-7-20(19)15-30)14-27-26(33)24-18-31-16-21(10-11-25(31)28-24)29-36(34,35)23-8-2-1-3-9-23/h1-11,16,18,22,29,32H,12-15,17H2,(H,27,33)/t22-/m1/s1. The van der Waals surface area contributed by atoms with Crippen LogP contribution in [0.5, 0.6) is 0 Å². The van der Waals surface area contributed by atoms with Gasteiger partial charge < -0.3 is 14.8 Å². The summed E-state index contributed by atoms with van der Waals surface area (Å²) in [6, 6.07) is 19.6. The van der Waals surface area contributed by atoms with E-state index in [-0.39, 0.29) is 17.1 Å². The Morgan fingerprint density at radius 1 is 1.00 bits per heavy atom. The van der Waals surface area contributed by atoms with E-state index in [4.69, 9.17) is 0 Å². The number of aromatic nitrogens is 2. The number of pyridine rings is 1. The van der Waals surface area contributed by atoms with E-state index in [2.05, 4.69) is 32.1 Å². The second-order valence-corrected chi connectivity index (χ2v) is 10.5. The molecular weight excluding hydrogens is 478 g/mol. The van der Waals surface area contributed by atoms with Gasteiger partial charge in [-0.2, -0.15) is 0 Å². The van der Waals surface area contributed by atoms with E-state index in [1.165, 1.54) is 29.5 Å². The summed E-state index contributed by atoms with van der Waals surface area (Å²) in [6.45, 7) is 2.21. The largest absolute Gasteiger partial charge is 0.390 e. The number of imidazole rings is 1. The van der Waals surface area contributed by atoms with Gasteiger partial charge in [0, 0.05) is 38.6 Å². The number of rotatable bonds is 8. The maximum Gasteiger partial charge on any atom is 0.271 e. The summed E-state index contributed by atoms with van der Waals surface area (Å²) in [6.07, 6.45) is 3.32. The first-order chi connectivity index (χ1) is 17.4. The zero-order valence-corrected chi connectivity index (χ0v) is 20.4. The van der Waals surface area contributed by atoms with Crippen molar-refractivity contribution in [1.29, 1.82) is 0 Å². The van der Waals surface area contributed by atoms with E-state index in [0.717, 1.165) is 19.5 Å². The minimum atomic E-state index is -3.73. The van der Waals surface area contributed by atoms with Crippen molar-refractivity contribution in [3.05, 3.63) is 95.9 Å². The third kappa shape index (κ3) is 5.40. The molecule has 4 aromatic rings. The molecule has 0 spiro atoms. The number of anilines is 1. The van der Waals surface area contributed by atoms with Crippen LogP contribution in [0.1, 0.15) is 21.6 Å². The fourth-order valence-corrected chi connectivity index (χ4v) is 5.41. The number of benzene rings is 2. The molecule has 10 heteroatoms. The van der Waals surface area contributed by atoms with Crippen LogP contribution in [0.2, 0.25) is 0 Å². The number of hydrogen-bond acceptors (Lipinski definition) is 6. The number of nitrogens with zero attached hydrogens (tertiary/aromatic N) is 3. The summed E-state index contributed by atoms with van der Waals surface area (Å²) in [5, 5.41) is 13.2. The van der Waals surface area contributed by atoms with Crippen LogP contribution < -0.4 is 10.0 Å². The van der Waals surface area contributed by atoms with Gasteiger partial charge in [-0.25, -0.2) is 13.4 Å².